The molecule has 0 atom stereocenters. The van der Waals surface area contributed by atoms with Crippen LogP contribution in [0.15, 0.2) is 16.6 Å². The minimum Gasteiger partial charge on any atom is -0.344 e. The van der Waals surface area contributed by atoms with Gasteiger partial charge in [0.2, 0.25) is 5.78 Å². The van der Waals surface area contributed by atoms with E-state index in [0.717, 1.165) is 5.69 Å². The number of nitrogens with zero attached hydrogens (tertiary/aromatic N) is 2. The van der Waals surface area contributed by atoms with E-state index in [4.69, 9.17) is 11.6 Å². The van der Waals surface area contributed by atoms with E-state index in [0.29, 0.717) is 25.9 Å². The lowest BCUT2D eigenvalue weighted by atomic mass is 10.2. The smallest absolute Gasteiger partial charge is 0.261 e. The average Bonchev–Trinajstić information content (AvgIpc) is 3.00. The highest BCUT2D eigenvalue weighted by Crippen LogP contribution is 2.22. The van der Waals surface area contributed by atoms with E-state index in [1.165, 1.54) is 11.3 Å². The summed E-state index contributed by atoms with van der Waals surface area (Å²) in [6, 6.07) is 3.28. The number of Topliss-reactive ketones (excluding diaryl/α,β-unsaturated/α-hetero) is 1. The van der Waals surface area contributed by atoms with Crippen molar-refractivity contribution in [3.05, 3.63) is 37.2 Å². The van der Waals surface area contributed by atoms with Crippen LogP contribution < -0.4 is 5.32 Å². The highest BCUT2D eigenvalue weighted by Gasteiger charge is 2.20. The van der Waals surface area contributed by atoms with Crippen molar-refractivity contribution < 1.29 is 9.59 Å². The molecule has 2 aromatic heterocycles. The Morgan fingerprint density at radius 1 is 1.48 bits per heavy atom. The number of carbonyl (C=O) groups excluding carboxylic acids is 2. The maximum atomic E-state index is 12.3. The quantitative estimate of drug-likeness (QED) is 0.797. The molecule has 2 rings (SSSR count). The fraction of sp³-hybridized carbons (Fsp3) is 0.308. The zero-order valence-corrected chi connectivity index (χ0v) is 14.6. The van der Waals surface area contributed by atoms with Crippen molar-refractivity contribution >= 4 is 50.6 Å². The molecule has 8 heteroatoms. The maximum Gasteiger partial charge on any atom is 0.261 e. The number of nitrogens with one attached hydrogen (secondary N) is 1. The molecule has 0 saturated heterocycles. The number of halogens is 2. The molecule has 0 aliphatic carbocycles. The van der Waals surface area contributed by atoms with Crippen molar-refractivity contribution in [1.82, 2.24) is 15.1 Å². The van der Waals surface area contributed by atoms with Gasteiger partial charge in [-0.3, -0.25) is 14.3 Å². The second-order valence-corrected chi connectivity index (χ2v) is 6.78. The Labute approximate surface area is 139 Å². The van der Waals surface area contributed by atoms with Crippen LogP contribution in [0.25, 0.3) is 0 Å². The number of aryl methyl sites for hydroxylation is 2. The standard InChI is InChI=1S/C13H13BrClN3O2S/c1-3-18-12(11(14)7(2)17-18)8(19)6-16-13(20)9-4-5-10(15)21-9/h4-5H,3,6H2,1-2H3,(H,16,20). The zero-order chi connectivity index (χ0) is 15.6. The first-order valence-electron chi connectivity index (χ1n) is 6.23. The summed E-state index contributed by atoms with van der Waals surface area (Å²) >= 11 is 10.3. The number of hydrogen-bond acceptors (Lipinski definition) is 4. The number of thiophene rings is 1. The lowest BCUT2D eigenvalue weighted by Crippen LogP contribution is -2.30. The van der Waals surface area contributed by atoms with E-state index in [-0.39, 0.29) is 18.2 Å². The molecule has 5 nitrogen and oxygen atoms in total. The van der Waals surface area contributed by atoms with Crippen LogP contribution in [0, 0.1) is 6.92 Å². The van der Waals surface area contributed by atoms with Gasteiger partial charge in [0.15, 0.2) is 0 Å². The van der Waals surface area contributed by atoms with Crippen molar-refractivity contribution in [2.45, 2.75) is 20.4 Å². The van der Waals surface area contributed by atoms with E-state index >= 15 is 0 Å². The number of aromatic nitrogens is 2. The fourth-order valence-corrected chi connectivity index (χ4v) is 3.29. The molecule has 0 bridgehead atoms. The Morgan fingerprint density at radius 2 is 2.19 bits per heavy atom. The van der Waals surface area contributed by atoms with Crippen molar-refractivity contribution in [2.24, 2.45) is 0 Å². The van der Waals surface area contributed by atoms with Gasteiger partial charge in [0.05, 0.1) is 25.9 Å². The van der Waals surface area contributed by atoms with Gasteiger partial charge in [-0.1, -0.05) is 11.6 Å². The van der Waals surface area contributed by atoms with Crippen LogP contribution in [-0.4, -0.2) is 28.0 Å². The number of rotatable bonds is 5. The largest absolute Gasteiger partial charge is 0.344 e. The van der Waals surface area contributed by atoms with E-state index < -0.39 is 0 Å². The molecule has 0 aliphatic rings. The summed E-state index contributed by atoms with van der Waals surface area (Å²) < 4.78 is 2.83. The second kappa shape index (κ2) is 6.72. The summed E-state index contributed by atoms with van der Waals surface area (Å²) in [5.41, 5.74) is 1.22. The van der Waals surface area contributed by atoms with Crippen molar-refractivity contribution in [3.8, 4) is 0 Å². The molecule has 0 spiro atoms. The number of hydrogen-bond donors (Lipinski definition) is 1. The molecule has 2 aromatic rings. The van der Waals surface area contributed by atoms with E-state index in [2.05, 4.69) is 26.3 Å². The van der Waals surface area contributed by atoms with Gasteiger partial charge >= 0.3 is 0 Å². The van der Waals surface area contributed by atoms with Crippen molar-refractivity contribution in [1.29, 1.82) is 0 Å². The van der Waals surface area contributed by atoms with Gasteiger partial charge in [-0.2, -0.15) is 5.10 Å². The Balaban J connectivity index is 2.07. The van der Waals surface area contributed by atoms with Gasteiger partial charge in [0.25, 0.3) is 5.91 Å². The Bertz CT molecular complexity index is 696. The number of carbonyl (C=O) groups is 2. The molecule has 2 heterocycles. The Hall–Kier alpha value is -1.18. The molecule has 0 unspecified atom stereocenters. The van der Waals surface area contributed by atoms with Gasteiger partial charge in [-0.25, -0.2) is 0 Å². The van der Waals surface area contributed by atoms with Crippen molar-refractivity contribution in [2.75, 3.05) is 6.54 Å². The van der Waals surface area contributed by atoms with Crippen molar-refractivity contribution in [3.63, 3.8) is 0 Å². The summed E-state index contributed by atoms with van der Waals surface area (Å²) in [4.78, 5) is 24.6. The molecular weight excluding hydrogens is 378 g/mol. The SMILES string of the molecule is CCn1nc(C)c(Br)c1C(=O)CNC(=O)c1ccc(Cl)s1. The van der Waals surface area contributed by atoms with Gasteiger partial charge in [0.1, 0.15) is 5.69 Å². The minimum atomic E-state index is -0.310. The molecule has 112 valence electrons. The van der Waals surface area contributed by atoms with Crippen LogP contribution in [0.4, 0.5) is 0 Å². The van der Waals surface area contributed by atoms with E-state index in [9.17, 15) is 9.59 Å². The van der Waals surface area contributed by atoms with Crippen LogP contribution in [0.3, 0.4) is 0 Å². The summed E-state index contributed by atoms with van der Waals surface area (Å²) in [6.45, 7) is 4.22. The summed E-state index contributed by atoms with van der Waals surface area (Å²) in [5.74, 6) is -0.504. The van der Waals surface area contributed by atoms with E-state index in [1.807, 2.05) is 13.8 Å². The monoisotopic (exact) mass is 389 g/mol. The minimum absolute atomic E-state index is 0.0852. The van der Waals surface area contributed by atoms with Gasteiger partial charge in [-0.05, 0) is 41.9 Å². The first-order valence-corrected chi connectivity index (χ1v) is 8.22. The first-order chi connectivity index (χ1) is 9.93. The molecule has 0 radical (unpaired) electrons. The number of amides is 1. The fourth-order valence-electron chi connectivity index (χ4n) is 1.82. The highest BCUT2D eigenvalue weighted by atomic mass is 79.9. The maximum absolute atomic E-state index is 12.3. The second-order valence-electron chi connectivity index (χ2n) is 4.27. The topological polar surface area (TPSA) is 64.0 Å². The third kappa shape index (κ3) is 3.53. The molecule has 21 heavy (non-hydrogen) atoms. The lowest BCUT2D eigenvalue weighted by molar-refractivity contribution is 0.0902. The highest BCUT2D eigenvalue weighted by molar-refractivity contribution is 9.10. The summed E-state index contributed by atoms with van der Waals surface area (Å²) in [6.07, 6.45) is 0. The predicted molar refractivity (Wildman–Crippen MR) is 86.3 cm³/mol. The molecular formula is C13H13BrClN3O2S. The number of ketones is 1. The summed E-state index contributed by atoms with van der Waals surface area (Å²) in [7, 11) is 0. The molecule has 1 N–H and O–H groups in total. The molecule has 0 fully saturated rings. The van der Waals surface area contributed by atoms with Gasteiger partial charge < -0.3 is 5.32 Å². The third-order valence-electron chi connectivity index (χ3n) is 2.82. The lowest BCUT2D eigenvalue weighted by Gasteiger charge is -2.06. The van der Waals surface area contributed by atoms with Crippen LogP contribution in [0.2, 0.25) is 4.34 Å². The molecule has 0 aromatic carbocycles. The first kappa shape index (κ1) is 16.2. The zero-order valence-electron chi connectivity index (χ0n) is 11.4. The Morgan fingerprint density at radius 3 is 2.76 bits per heavy atom. The molecule has 0 saturated carbocycles. The van der Waals surface area contributed by atoms with E-state index in [1.54, 1.807) is 16.8 Å². The average molecular weight is 391 g/mol. The van der Waals surface area contributed by atoms with Gasteiger partial charge in [-0.15, -0.1) is 11.3 Å². The normalized spacial score (nSPS) is 10.7. The van der Waals surface area contributed by atoms with Gasteiger partial charge in [0, 0.05) is 6.54 Å². The van der Waals surface area contributed by atoms with Crippen LogP contribution in [0.1, 0.15) is 32.8 Å². The molecule has 0 aliphatic heterocycles. The van der Waals surface area contributed by atoms with Crippen LogP contribution in [-0.2, 0) is 6.54 Å². The third-order valence-corrected chi connectivity index (χ3v) is 5.00. The Kier molecular flexibility index (Phi) is 5.18. The van der Waals surface area contributed by atoms with Crippen LogP contribution in [0.5, 0.6) is 0 Å². The van der Waals surface area contributed by atoms with Crippen LogP contribution >= 0.6 is 38.9 Å². The summed E-state index contributed by atoms with van der Waals surface area (Å²) in [5, 5.41) is 6.86. The molecule has 1 amide bonds. The predicted octanol–water partition coefficient (Wildman–Crippen LogP) is 3.30.